The summed E-state index contributed by atoms with van der Waals surface area (Å²) >= 11 is 10.6. The first-order valence-corrected chi connectivity index (χ1v) is 6.33. The quantitative estimate of drug-likeness (QED) is 0.649. The van der Waals surface area contributed by atoms with Gasteiger partial charge in [-0.1, -0.05) is 29.8 Å². The molecule has 0 aliphatic carbocycles. The van der Waals surface area contributed by atoms with Gasteiger partial charge in [-0.25, -0.2) is 4.98 Å². The van der Waals surface area contributed by atoms with E-state index in [-0.39, 0.29) is 0 Å². The molecule has 0 aliphatic rings. The van der Waals surface area contributed by atoms with E-state index in [1.807, 2.05) is 43.3 Å². The van der Waals surface area contributed by atoms with Gasteiger partial charge in [-0.3, -0.25) is 0 Å². The van der Waals surface area contributed by atoms with Gasteiger partial charge in [0.25, 0.3) is 0 Å². The maximum Gasteiger partial charge on any atom is 0.227 e. The Morgan fingerprint density at radius 1 is 1.22 bits per heavy atom. The topological polar surface area (TPSA) is 26.0 Å². The molecule has 90 valence electrons. The molecule has 1 heterocycles. The van der Waals surface area contributed by atoms with E-state index in [1.54, 1.807) is 0 Å². The standard InChI is InChI=1S/C14H10ClNOS/c1-8-7-10-12(11(15)13(8)18)17-14(16-10)9-5-3-2-4-6-9/h2-7,18H,1H3. The monoisotopic (exact) mass is 275 g/mol. The lowest BCUT2D eigenvalue weighted by Crippen LogP contribution is -1.79. The van der Waals surface area contributed by atoms with Gasteiger partial charge in [0.05, 0.1) is 5.02 Å². The van der Waals surface area contributed by atoms with E-state index in [4.69, 9.17) is 16.0 Å². The molecule has 0 bridgehead atoms. The van der Waals surface area contributed by atoms with Crippen LogP contribution >= 0.6 is 24.2 Å². The first-order chi connectivity index (χ1) is 8.66. The second-order valence-electron chi connectivity index (χ2n) is 4.09. The molecule has 18 heavy (non-hydrogen) atoms. The summed E-state index contributed by atoms with van der Waals surface area (Å²) in [6.45, 7) is 1.95. The van der Waals surface area contributed by atoms with Gasteiger partial charge in [-0.05, 0) is 30.7 Å². The van der Waals surface area contributed by atoms with Crippen molar-refractivity contribution in [1.29, 1.82) is 0 Å². The van der Waals surface area contributed by atoms with Crippen LogP contribution in [0.1, 0.15) is 5.56 Å². The van der Waals surface area contributed by atoms with Gasteiger partial charge in [0.2, 0.25) is 5.89 Å². The number of aromatic nitrogens is 1. The largest absolute Gasteiger partial charge is 0.434 e. The number of halogens is 1. The van der Waals surface area contributed by atoms with E-state index < -0.39 is 0 Å². The molecule has 0 amide bonds. The molecular weight excluding hydrogens is 266 g/mol. The van der Waals surface area contributed by atoms with Crippen LogP contribution in [-0.2, 0) is 0 Å². The highest BCUT2D eigenvalue weighted by Gasteiger charge is 2.14. The maximum atomic E-state index is 6.22. The van der Waals surface area contributed by atoms with Crippen LogP contribution in [0.3, 0.4) is 0 Å². The van der Waals surface area contributed by atoms with Gasteiger partial charge < -0.3 is 4.42 Å². The maximum absolute atomic E-state index is 6.22. The fourth-order valence-corrected chi connectivity index (χ4v) is 2.30. The van der Waals surface area contributed by atoms with E-state index in [9.17, 15) is 0 Å². The Balaban J connectivity index is 2.27. The van der Waals surface area contributed by atoms with Crippen molar-refractivity contribution in [2.24, 2.45) is 0 Å². The minimum atomic E-state index is 0.517. The van der Waals surface area contributed by atoms with Gasteiger partial charge in [-0.15, -0.1) is 12.6 Å². The molecule has 0 N–H and O–H groups in total. The fraction of sp³-hybridized carbons (Fsp3) is 0.0714. The fourth-order valence-electron chi connectivity index (χ4n) is 1.85. The van der Waals surface area contributed by atoms with E-state index in [2.05, 4.69) is 17.6 Å². The third kappa shape index (κ3) is 1.80. The van der Waals surface area contributed by atoms with Gasteiger partial charge in [0, 0.05) is 10.5 Å². The summed E-state index contributed by atoms with van der Waals surface area (Å²) in [6.07, 6.45) is 0. The Kier molecular flexibility index (Phi) is 2.80. The summed E-state index contributed by atoms with van der Waals surface area (Å²) in [5, 5.41) is 0.517. The van der Waals surface area contributed by atoms with Crippen LogP contribution in [0.5, 0.6) is 0 Å². The lowest BCUT2D eigenvalue weighted by molar-refractivity contribution is 0.619. The second kappa shape index (κ2) is 4.34. The van der Waals surface area contributed by atoms with Crippen LogP contribution in [0.25, 0.3) is 22.6 Å². The average Bonchev–Trinajstić information content (AvgIpc) is 2.81. The predicted molar refractivity (Wildman–Crippen MR) is 76.4 cm³/mol. The molecule has 2 nitrogen and oxygen atoms in total. The van der Waals surface area contributed by atoms with Crippen molar-refractivity contribution in [3.05, 3.63) is 47.0 Å². The number of oxazole rings is 1. The number of nitrogens with zero attached hydrogens (tertiary/aromatic N) is 1. The van der Waals surface area contributed by atoms with Crippen LogP contribution in [0, 0.1) is 6.92 Å². The van der Waals surface area contributed by atoms with Gasteiger partial charge >= 0.3 is 0 Å². The normalized spacial score (nSPS) is 11.1. The number of aryl methyl sites for hydroxylation is 1. The van der Waals surface area contributed by atoms with Crippen LogP contribution < -0.4 is 0 Å². The van der Waals surface area contributed by atoms with Crippen molar-refractivity contribution in [3.63, 3.8) is 0 Å². The van der Waals surface area contributed by atoms with Crippen molar-refractivity contribution < 1.29 is 4.42 Å². The van der Waals surface area contributed by atoms with Crippen LogP contribution in [0.4, 0.5) is 0 Å². The van der Waals surface area contributed by atoms with Crippen molar-refractivity contribution >= 4 is 35.3 Å². The molecule has 0 atom stereocenters. The van der Waals surface area contributed by atoms with Crippen molar-refractivity contribution in [3.8, 4) is 11.5 Å². The zero-order valence-electron chi connectivity index (χ0n) is 9.64. The summed E-state index contributed by atoms with van der Waals surface area (Å²) in [5.41, 5.74) is 3.27. The summed E-state index contributed by atoms with van der Waals surface area (Å²) in [7, 11) is 0. The summed E-state index contributed by atoms with van der Waals surface area (Å²) in [4.78, 5) is 5.20. The number of hydrogen-bond acceptors (Lipinski definition) is 3. The second-order valence-corrected chi connectivity index (χ2v) is 4.91. The van der Waals surface area contributed by atoms with Crippen molar-refractivity contribution in [2.45, 2.75) is 11.8 Å². The van der Waals surface area contributed by atoms with Gasteiger partial charge in [0.15, 0.2) is 5.58 Å². The van der Waals surface area contributed by atoms with E-state index >= 15 is 0 Å². The third-order valence-corrected chi connectivity index (χ3v) is 3.88. The molecule has 2 aromatic carbocycles. The van der Waals surface area contributed by atoms with E-state index in [1.165, 1.54) is 0 Å². The molecule has 0 aliphatic heterocycles. The highest BCUT2D eigenvalue weighted by Crippen LogP contribution is 2.35. The molecular formula is C14H10ClNOS. The van der Waals surface area contributed by atoms with Gasteiger partial charge in [-0.2, -0.15) is 0 Å². The molecule has 0 spiro atoms. The van der Waals surface area contributed by atoms with Gasteiger partial charge in [0.1, 0.15) is 5.52 Å². The summed E-state index contributed by atoms with van der Waals surface area (Å²) in [5.74, 6) is 0.575. The molecule has 3 rings (SSSR count). The molecule has 4 heteroatoms. The zero-order valence-corrected chi connectivity index (χ0v) is 11.3. The van der Waals surface area contributed by atoms with E-state index in [0.717, 1.165) is 21.5 Å². The molecule has 0 fully saturated rings. The molecule has 0 unspecified atom stereocenters. The number of fused-ring (bicyclic) bond motifs is 1. The van der Waals surface area contributed by atoms with Crippen LogP contribution in [-0.4, -0.2) is 4.98 Å². The number of rotatable bonds is 1. The Hall–Kier alpha value is -1.45. The molecule has 0 radical (unpaired) electrons. The first kappa shape index (κ1) is 11.6. The lowest BCUT2D eigenvalue weighted by atomic mass is 10.2. The SMILES string of the molecule is Cc1cc2nc(-c3ccccc3)oc2c(Cl)c1S. The lowest BCUT2D eigenvalue weighted by Gasteiger charge is -2.00. The highest BCUT2D eigenvalue weighted by molar-refractivity contribution is 7.80. The molecule has 0 saturated carbocycles. The van der Waals surface area contributed by atoms with E-state index in [0.29, 0.717) is 16.5 Å². The van der Waals surface area contributed by atoms with Crippen LogP contribution in [0.2, 0.25) is 5.02 Å². The third-order valence-electron chi connectivity index (χ3n) is 2.81. The van der Waals surface area contributed by atoms with Crippen molar-refractivity contribution in [1.82, 2.24) is 4.98 Å². The number of hydrogen-bond donors (Lipinski definition) is 1. The van der Waals surface area contributed by atoms with Crippen molar-refractivity contribution in [2.75, 3.05) is 0 Å². The molecule has 1 aromatic heterocycles. The predicted octanol–water partition coefficient (Wildman–Crippen LogP) is 4.75. The number of benzene rings is 2. The molecule has 0 saturated heterocycles. The Bertz CT molecular complexity index is 721. The first-order valence-electron chi connectivity index (χ1n) is 5.51. The smallest absolute Gasteiger partial charge is 0.227 e. The Morgan fingerprint density at radius 2 is 1.94 bits per heavy atom. The summed E-state index contributed by atoms with van der Waals surface area (Å²) < 4.78 is 5.73. The molecule has 3 aromatic rings. The Labute approximate surface area is 115 Å². The Morgan fingerprint density at radius 3 is 2.67 bits per heavy atom. The average molecular weight is 276 g/mol. The zero-order chi connectivity index (χ0) is 12.7. The minimum Gasteiger partial charge on any atom is -0.434 e. The number of thiol groups is 1. The van der Waals surface area contributed by atoms with Crippen LogP contribution in [0.15, 0.2) is 45.7 Å². The highest BCUT2D eigenvalue weighted by atomic mass is 35.5. The summed E-state index contributed by atoms with van der Waals surface area (Å²) in [6, 6.07) is 11.7. The minimum absolute atomic E-state index is 0.517.